The number of carbonyl (C=O) groups excluding carboxylic acids is 2. The van der Waals surface area contributed by atoms with Crippen LogP contribution in [0.4, 0.5) is 0 Å². The van der Waals surface area contributed by atoms with Gasteiger partial charge in [-0.3, -0.25) is 4.79 Å². The quantitative estimate of drug-likeness (QED) is 0.207. The van der Waals surface area contributed by atoms with Gasteiger partial charge in [0.1, 0.15) is 11.5 Å². The highest BCUT2D eigenvalue weighted by Crippen LogP contribution is 2.29. The van der Waals surface area contributed by atoms with Crippen molar-refractivity contribution in [2.45, 2.75) is 36.5 Å². The van der Waals surface area contributed by atoms with Crippen molar-refractivity contribution >= 4 is 46.5 Å². The maximum atomic E-state index is 12.3. The number of aliphatic hydroxyl groups excluding tert-OH is 1. The van der Waals surface area contributed by atoms with Gasteiger partial charge >= 0.3 is 5.97 Å². The molecule has 0 saturated heterocycles. The Morgan fingerprint density at radius 1 is 1.07 bits per heavy atom. The Bertz CT molecular complexity index is 892. The van der Waals surface area contributed by atoms with Crippen LogP contribution < -0.4 is 4.74 Å². The predicted octanol–water partition coefficient (Wildman–Crippen LogP) is 4.44. The van der Waals surface area contributed by atoms with Crippen LogP contribution in [0.2, 0.25) is 0 Å². The predicted molar refractivity (Wildman–Crippen MR) is 116 cm³/mol. The van der Waals surface area contributed by atoms with E-state index < -0.39 is 5.97 Å². The zero-order valence-electron chi connectivity index (χ0n) is 16.1. The van der Waals surface area contributed by atoms with Gasteiger partial charge in [0, 0.05) is 28.2 Å². The second-order valence-corrected chi connectivity index (χ2v) is 7.47. The molecule has 0 bridgehead atoms. The lowest BCUT2D eigenvalue weighted by Crippen LogP contribution is -2.12. The third-order valence-corrected chi connectivity index (χ3v) is 4.93. The van der Waals surface area contributed by atoms with Crippen molar-refractivity contribution in [3.05, 3.63) is 54.1 Å². The number of ether oxygens (including phenoxy) is 1. The molecule has 6 nitrogen and oxygen atoms in total. The molecule has 29 heavy (non-hydrogen) atoms. The van der Waals surface area contributed by atoms with E-state index in [9.17, 15) is 9.59 Å². The third-order valence-electron chi connectivity index (χ3n) is 3.63. The van der Waals surface area contributed by atoms with Crippen LogP contribution >= 0.6 is 24.0 Å². The topological polar surface area (TPSA) is 85.2 Å². The van der Waals surface area contributed by atoms with Gasteiger partial charge in [0.25, 0.3) is 0 Å². The molecule has 152 valence electrons. The molecule has 0 aliphatic carbocycles. The van der Waals surface area contributed by atoms with Gasteiger partial charge < -0.3 is 14.7 Å². The number of hydrogen-bond donors (Lipinski definition) is 1. The smallest absolute Gasteiger partial charge is 0.334 e. The highest BCUT2D eigenvalue weighted by atomic mass is 32.2. The number of rotatable bonds is 9. The summed E-state index contributed by atoms with van der Waals surface area (Å²) in [5.41, 5.74) is 0.575. The average Bonchev–Trinajstić information content (AvgIpc) is 2.73. The summed E-state index contributed by atoms with van der Waals surface area (Å²) < 4.78 is 5.45. The highest BCUT2D eigenvalue weighted by molar-refractivity contribution is 7.99. The van der Waals surface area contributed by atoms with Crippen LogP contribution in [0.5, 0.6) is 5.75 Å². The van der Waals surface area contributed by atoms with Crippen molar-refractivity contribution in [2.24, 2.45) is 5.16 Å². The van der Waals surface area contributed by atoms with Crippen LogP contribution in [0.3, 0.4) is 0 Å². The number of benzene rings is 2. The fourth-order valence-electron chi connectivity index (χ4n) is 2.09. The van der Waals surface area contributed by atoms with E-state index in [4.69, 9.17) is 22.1 Å². The number of carbonyl (C=O) groups is 2. The SMILES string of the molecule is CCC(=O)O/N=C(\C)C(=O)c1ccc(Sc2ccc(OC(=S)CCO)cc2)cc1. The highest BCUT2D eigenvalue weighted by Gasteiger charge is 2.11. The molecule has 0 heterocycles. The lowest BCUT2D eigenvalue weighted by molar-refractivity contribution is -0.143. The summed E-state index contributed by atoms with van der Waals surface area (Å²) in [7, 11) is 0. The summed E-state index contributed by atoms with van der Waals surface area (Å²) in [4.78, 5) is 30.0. The molecule has 0 aliphatic heterocycles. The van der Waals surface area contributed by atoms with Crippen molar-refractivity contribution in [3.8, 4) is 5.75 Å². The Hall–Kier alpha value is -2.55. The fourth-order valence-corrected chi connectivity index (χ4v) is 3.10. The average molecular weight is 432 g/mol. The first kappa shape index (κ1) is 22.7. The summed E-state index contributed by atoms with van der Waals surface area (Å²) in [6.45, 7) is 3.11. The Kier molecular flexibility index (Phi) is 8.98. The van der Waals surface area contributed by atoms with Crippen molar-refractivity contribution in [1.29, 1.82) is 0 Å². The maximum absolute atomic E-state index is 12.3. The number of aliphatic hydroxyl groups is 1. The molecule has 2 rings (SSSR count). The molecule has 0 atom stereocenters. The molecular formula is C21H21NO5S2. The summed E-state index contributed by atoms with van der Waals surface area (Å²) >= 11 is 6.54. The van der Waals surface area contributed by atoms with Crippen LogP contribution in [0.25, 0.3) is 0 Å². The summed E-state index contributed by atoms with van der Waals surface area (Å²) in [6.07, 6.45) is 0.515. The molecule has 0 spiro atoms. The van der Waals surface area contributed by atoms with Gasteiger partial charge in [-0.1, -0.05) is 23.8 Å². The Balaban J connectivity index is 1.97. The molecule has 8 heteroatoms. The minimum atomic E-state index is -0.490. The first-order valence-corrected chi connectivity index (χ1v) is 10.1. The van der Waals surface area contributed by atoms with Crippen LogP contribution in [0.15, 0.2) is 63.5 Å². The molecule has 0 aliphatic rings. The second kappa shape index (κ2) is 11.5. The third kappa shape index (κ3) is 7.41. The van der Waals surface area contributed by atoms with Gasteiger partial charge in [0.05, 0.1) is 6.61 Å². The second-order valence-electron chi connectivity index (χ2n) is 5.87. The standard InChI is InChI=1S/C21H21NO5S2/c1-3-19(24)27-22-14(2)21(25)15-4-8-17(9-5-15)29-18-10-6-16(7-11-18)26-20(28)12-13-23/h4-11,23H,3,12-13H2,1-2H3/b22-14+. The van der Waals surface area contributed by atoms with E-state index in [-0.39, 0.29) is 24.5 Å². The fraction of sp³-hybridized carbons (Fsp3) is 0.238. The number of ketones is 1. The lowest BCUT2D eigenvalue weighted by Gasteiger charge is -2.07. The molecular weight excluding hydrogens is 410 g/mol. The Labute approximate surface area is 178 Å². The number of hydrogen-bond acceptors (Lipinski definition) is 8. The van der Waals surface area contributed by atoms with Crippen LogP contribution in [-0.2, 0) is 9.63 Å². The monoisotopic (exact) mass is 431 g/mol. The molecule has 2 aromatic rings. The molecule has 1 N–H and O–H groups in total. The Morgan fingerprint density at radius 3 is 2.21 bits per heavy atom. The van der Waals surface area contributed by atoms with Crippen LogP contribution in [-0.4, -0.2) is 34.2 Å². The summed E-state index contributed by atoms with van der Waals surface area (Å²) in [5.74, 6) is -0.173. The van der Waals surface area contributed by atoms with Crippen molar-refractivity contribution in [3.63, 3.8) is 0 Å². The van der Waals surface area contributed by atoms with Crippen LogP contribution in [0.1, 0.15) is 37.0 Å². The molecule has 0 unspecified atom stereocenters. The lowest BCUT2D eigenvalue weighted by atomic mass is 10.1. The van der Waals surface area contributed by atoms with Gasteiger partial charge in [-0.25, -0.2) is 4.79 Å². The van der Waals surface area contributed by atoms with E-state index in [1.807, 2.05) is 24.3 Å². The van der Waals surface area contributed by atoms with E-state index in [0.29, 0.717) is 22.8 Å². The minimum absolute atomic E-state index is 0.0411. The first-order valence-electron chi connectivity index (χ1n) is 8.91. The van der Waals surface area contributed by atoms with E-state index in [1.54, 1.807) is 31.2 Å². The van der Waals surface area contributed by atoms with E-state index in [0.717, 1.165) is 9.79 Å². The number of thiocarbonyl (C=S) groups is 1. The zero-order valence-corrected chi connectivity index (χ0v) is 17.7. The van der Waals surface area contributed by atoms with Gasteiger partial charge in [-0.2, -0.15) is 0 Å². The molecule has 0 fully saturated rings. The van der Waals surface area contributed by atoms with Crippen molar-refractivity contribution in [2.75, 3.05) is 6.61 Å². The molecule has 0 saturated carbocycles. The minimum Gasteiger partial charge on any atom is -0.450 e. The summed E-state index contributed by atoms with van der Waals surface area (Å²) in [6, 6.07) is 14.5. The number of Topliss-reactive ketones (excluding diaryl/α,β-unsaturated/α-hetero) is 1. The Morgan fingerprint density at radius 2 is 1.66 bits per heavy atom. The molecule has 0 aromatic heterocycles. The van der Waals surface area contributed by atoms with E-state index in [2.05, 4.69) is 9.99 Å². The van der Waals surface area contributed by atoms with E-state index in [1.165, 1.54) is 18.7 Å². The van der Waals surface area contributed by atoms with Gasteiger partial charge in [-0.05, 0) is 67.7 Å². The zero-order chi connectivity index (χ0) is 21.2. The molecule has 0 amide bonds. The van der Waals surface area contributed by atoms with Gasteiger partial charge in [0.2, 0.25) is 5.78 Å². The molecule has 2 aromatic carbocycles. The number of nitrogens with zero attached hydrogens (tertiary/aromatic N) is 1. The summed E-state index contributed by atoms with van der Waals surface area (Å²) in [5, 5.41) is 12.8. The molecule has 0 radical (unpaired) electrons. The maximum Gasteiger partial charge on any atom is 0.334 e. The largest absolute Gasteiger partial charge is 0.450 e. The van der Waals surface area contributed by atoms with Crippen molar-refractivity contribution in [1.82, 2.24) is 0 Å². The normalized spacial score (nSPS) is 11.1. The van der Waals surface area contributed by atoms with E-state index >= 15 is 0 Å². The van der Waals surface area contributed by atoms with Gasteiger partial charge in [-0.15, -0.1) is 0 Å². The van der Waals surface area contributed by atoms with Crippen molar-refractivity contribution < 1.29 is 24.3 Å². The van der Waals surface area contributed by atoms with Crippen LogP contribution in [0, 0.1) is 0 Å². The van der Waals surface area contributed by atoms with Gasteiger partial charge in [0.15, 0.2) is 5.05 Å². The first-order chi connectivity index (χ1) is 13.9. The number of oxime groups is 1.